The largest absolute Gasteiger partial charge is 0.496 e. The standard InChI is InChI=1S/C12H19BN2O2/c1-8-9(6-15-7-10(8)14)13-16-11(2,3)12(4,5)17-13/h6-7H,14H2,1-5H3. The summed E-state index contributed by atoms with van der Waals surface area (Å²) in [6.45, 7) is 10.1. The number of pyridine rings is 1. The zero-order chi connectivity index (χ0) is 12.8. The Bertz CT molecular complexity index is 430. The second-order valence-electron chi connectivity index (χ2n) is 5.53. The van der Waals surface area contributed by atoms with E-state index in [2.05, 4.69) is 4.98 Å². The van der Waals surface area contributed by atoms with E-state index in [1.165, 1.54) is 0 Å². The van der Waals surface area contributed by atoms with Crippen LogP contribution in [0.25, 0.3) is 0 Å². The summed E-state index contributed by atoms with van der Waals surface area (Å²) in [7, 11) is -0.393. The predicted octanol–water partition coefficient (Wildman–Crippen LogP) is 1.27. The molecule has 0 bridgehead atoms. The number of hydrogen-bond donors (Lipinski definition) is 1. The molecule has 0 atom stereocenters. The van der Waals surface area contributed by atoms with Gasteiger partial charge in [-0.3, -0.25) is 4.98 Å². The molecule has 92 valence electrons. The van der Waals surface area contributed by atoms with Gasteiger partial charge in [0.15, 0.2) is 0 Å². The van der Waals surface area contributed by atoms with E-state index in [9.17, 15) is 0 Å². The van der Waals surface area contributed by atoms with Crippen molar-refractivity contribution in [3.05, 3.63) is 18.0 Å². The maximum Gasteiger partial charge on any atom is 0.496 e. The Morgan fingerprint density at radius 3 is 2.18 bits per heavy atom. The first kappa shape index (κ1) is 12.4. The van der Waals surface area contributed by atoms with Crippen LogP contribution in [0.3, 0.4) is 0 Å². The van der Waals surface area contributed by atoms with Crippen molar-refractivity contribution in [2.24, 2.45) is 0 Å². The van der Waals surface area contributed by atoms with Gasteiger partial charge in [0, 0.05) is 17.9 Å². The van der Waals surface area contributed by atoms with Crippen LogP contribution in [0.2, 0.25) is 0 Å². The highest BCUT2D eigenvalue weighted by molar-refractivity contribution is 6.62. The van der Waals surface area contributed by atoms with Gasteiger partial charge in [0.2, 0.25) is 0 Å². The second kappa shape index (κ2) is 3.72. The van der Waals surface area contributed by atoms with E-state index in [1.807, 2.05) is 34.6 Å². The van der Waals surface area contributed by atoms with Crippen LogP contribution in [0.4, 0.5) is 5.69 Å². The van der Waals surface area contributed by atoms with E-state index in [1.54, 1.807) is 12.4 Å². The number of nitrogens with two attached hydrogens (primary N) is 1. The van der Waals surface area contributed by atoms with Gasteiger partial charge < -0.3 is 15.0 Å². The Labute approximate surface area is 103 Å². The van der Waals surface area contributed by atoms with Crippen LogP contribution in [-0.2, 0) is 9.31 Å². The molecule has 1 aliphatic rings. The Morgan fingerprint density at radius 1 is 1.12 bits per heavy atom. The first-order valence-electron chi connectivity index (χ1n) is 5.80. The first-order valence-corrected chi connectivity index (χ1v) is 5.80. The van der Waals surface area contributed by atoms with Crippen molar-refractivity contribution in [1.29, 1.82) is 0 Å². The summed E-state index contributed by atoms with van der Waals surface area (Å²) in [5.74, 6) is 0. The summed E-state index contributed by atoms with van der Waals surface area (Å²) >= 11 is 0. The van der Waals surface area contributed by atoms with Gasteiger partial charge in [-0.15, -0.1) is 0 Å². The molecule has 1 fully saturated rings. The molecule has 0 saturated carbocycles. The smallest absolute Gasteiger partial charge is 0.399 e. The quantitative estimate of drug-likeness (QED) is 0.743. The third-order valence-electron chi connectivity index (χ3n) is 3.80. The molecule has 0 radical (unpaired) electrons. The average Bonchev–Trinajstić information content (AvgIpc) is 2.40. The van der Waals surface area contributed by atoms with Gasteiger partial charge >= 0.3 is 7.12 Å². The van der Waals surface area contributed by atoms with Crippen molar-refractivity contribution in [3.63, 3.8) is 0 Å². The minimum Gasteiger partial charge on any atom is -0.399 e. The number of rotatable bonds is 1. The van der Waals surface area contributed by atoms with Gasteiger partial charge in [-0.1, -0.05) is 0 Å². The first-order chi connectivity index (χ1) is 7.74. The van der Waals surface area contributed by atoms with Gasteiger partial charge in [0.05, 0.1) is 16.9 Å². The number of hydrogen-bond acceptors (Lipinski definition) is 4. The molecule has 1 aromatic heterocycles. The Kier molecular flexibility index (Phi) is 2.71. The average molecular weight is 234 g/mol. The summed E-state index contributed by atoms with van der Waals surface area (Å²) in [5.41, 5.74) is 7.71. The second-order valence-corrected chi connectivity index (χ2v) is 5.53. The lowest BCUT2D eigenvalue weighted by atomic mass is 9.77. The van der Waals surface area contributed by atoms with Crippen LogP contribution in [0.5, 0.6) is 0 Å². The molecular weight excluding hydrogens is 215 g/mol. The summed E-state index contributed by atoms with van der Waals surface area (Å²) in [6.07, 6.45) is 3.40. The van der Waals surface area contributed by atoms with E-state index >= 15 is 0 Å². The molecule has 2 rings (SSSR count). The number of nitrogens with zero attached hydrogens (tertiary/aromatic N) is 1. The van der Waals surface area contributed by atoms with Gasteiger partial charge in [0.25, 0.3) is 0 Å². The van der Waals surface area contributed by atoms with Crippen LogP contribution < -0.4 is 11.2 Å². The maximum atomic E-state index is 5.97. The van der Waals surface area contributed by atoms with Crippen molar-refractivity contribution in [3.8, 4) is 0 Å². The van der Waals surface area contributed by atoms with Crippen molar-refractivity contribution >= 4 is 18.3 Å². The molecule has 0 spiro atoms. The number of anilines is 1. The molecular formula is C12H19BN2O2. The molecule has 1 aliphatic heterocycles. The molecule has 2 N–H and O–H groups in total. The van der Waals surface area contributed by atoms with Crippen molar-refractivity contribution in [2.75, 3.05) is 5.73 Å². The highest BCUT2D eigenvalue weighted by atomic mass is 16.7. The molecule has 17 heavy (non-hydrogen) atoms. The van der Waals surface area contributed by atoms with Crippen LogP contribution >= 0.6 is 0 Å². The molecule has 2 heterocycles. The Morgan fingerprint density at radius 2 is 1.65 bits per heavy atom. The molecule has 0 aliphatic carbocycles. The van der Waals surface area contributed by atoms with E-state index in [-0.39, 0.29) is 11.2 Å². The van der Waals surface area contributed by atoms with Gasteiger partial charge in [0.1, 0.15) is 0 Å². The fraction of sp³-hybridized carbons (Fsp3) is 0.583. The van der Waals surface area contributed by atoms with Gasteiger partial charge in [-0.25, -0.2) is 0 Å². The molecule has 0 amide bonds. The third-order valence-corrected chi connectivity index (χ3v) is 3.80. The summed E-state index contributed by atoms with van der Waals surface area (Å²) in [6, 6.07) is 0. The fourth-order valence-corrected chi connectivity index (χ4v) is 1.77. The minimum atomic E-state index is -0.393. The Balaban J connectivity index is 2.36. The minimum absolute atomic E-state index is 0.339. The number of nitrogen functional groups attached to an aromatic ring is 1. The van der Waals surface area contributed by atoms with Crippen molar-refractivity contribution in [1.82, 2.24) is 4.98 Å². The normalized spacial score (nSPS) is 21.8. The van der Waals surface area contributed by atoms with Crippen molar-refractivity contribution < 1.29 is 9.31 Å². The highest BCUT2D eigenvalue weighted by Crippen LogP contribution is 2.36. The topological polar surface area (TPSA) is 57.4 Å². The highest BCUT2D eigenvalue weighted by Gasteiger charge is 2.52. The van der Waals surface area contributed by atoms with Gasteiger partial charge in [-0.05, 0) is 40.2 Å². The zero-order valence-electron chi connectivity index (χ0n) is 11.1. The Hall–Kier alpha value is -1.07. The van der Waals surface area contributed by atoms with Crippen molar-refractivity contribution in [2.45, 2.75) is 45.8 Å². The molecule has 5 heteroatoms. The SMILES string of the molecule is Cc1c(N)cncc1B1OC(C)(C)C(C)(C)O1. The predicted molar refractivity (Wildman–Crippen MR) is 69.1 cm³/mol. The van der Waals surface area contributed by atoms with E-state index in [4.69, 9.17) is 15.0 Å². The summed E-state index contributed by atoms with van der Waals surface area (Å²) in [4.78, 5) is 4.10. The lowest BCUT2D eigenvalue weighted by Gasteiger charge is -2.32. The van der Waals surface area contributed by atoms with Crippen LogP contribution in [0, 0.1) is 6.92 Å². The molecule has 0 aromatic carbocycles. The van der Waals surface area contributed by atoms with E-state index in [0.717, 1.165) is 11.0 Å². The lowest BCUT2D eigenvalue weighted by molar-refractivity contribution is 0.00578. The molecule has 1 saturated heterocycles. The third kappa shape index (κ3) is 1.94. The molecule has 4 nitrogen and oxygen atoms in total. The monoisotopic (exact) mass is 234 g/mol. The van der Waals surface area contributed by atoms with Crippen LogP contribution in [0.1, 0.15) is 33.3 Å². The van der Waals surface area contributed by atoms with Crippen LogP contribution in [0.15, 0.2) is 12.4 Å². The fourth-order valence-electron chi connectivity index (χ4n) is 1.77. The summed E-state index contributed by atoms with van der Waals surface area (Å²) < 4.78 is 11.9. The molecule has 0 unspecified atom stereocenters. The van der Waals surface area contributed by atoms with E-state index in [0.29, 0.717) is 5.69 Å². The summed E-state index contributed by atoms with van der Waals surface area (Å²) in [5, 5.41) is 0. The van der Waals surface area contributed by atoms with Crippen LogP contribution in [-0.4, -0.2) is 23.3 Å². The van der Waals surface area contributed by atoms with Gasteiger partial charge in [-0.2, -0.15) is 0 Å². The zero-order valence-corrected chi connectivity index (χ0v) is 11.1. The molecule has 1 aromatic rings. The number of aromatic nitrogens is 1. The lowest BCUT2D eigenvalue weighted by Crippen LogP contribution is -2.41. The van der Waals surface area contributed by atoms with E-state index < -0.39 is 7.12 Å². The maximum absolute atomic E-state index is 5.97.